The van der Waals surface area contributed by atoms with Crippen molar-refractivity contribution in [1.29, 1.82) is 0 Å². The molecule has 2 atom stereocenters. The third-order valence-corrected chi connectivity index (χ3v) is 2.97. The lowest BCUT2D eigenvalue weighted by Crippen LogP contribution is -2.47. The van der Waals surface area contributed by atoms with Crippen molar-refractivity contribution in [3.8, 4) is 0 Å². The molecule has 0 saturated carbocycles. The molecule has 1 fully saturated rings. The minimum atomic E-state index is -0.770. The molecule has 0 radical (unpaired) electrons. The Labute approximate surface area is 89.2 Å². The Balaban J connectivity index is 2.48. The third-order valence-electron chi connectivity index (χ3n) is 2.97. The van der Waals surface area contributed by atoms with E-state index in [-0.39, 0.29) is 24.3 Å². The van der Waals surface area contributed by atoms with Crippen LogP contribution in [-0.4, -0.2) is 41.0 Å². The normalized spacial score (nSPS) is 24.7. The molecule has 1 aliphatic rings. The number of carboxylic acid groups (broad SMARTS) is 1. The average molecular weight is 214 g/mol. The number of nitrogens with two attached hydrogens (primary N) is 1. The number of rotatable bonds is 4. The van der Waals surface area contributed by atoms with Crippen molar-refractivity contribution in [2.75, 3.05) is 13.1 Å². The highest BCUT2D eigenvalue weighted by Gasteiger charge is 2.27. The Morgan fingerprint density at radius 3 is 2.80 bits per heavy atom. The molecule has 5 heteroatoms. The molecule has 1 heterocycles. The van der Waals surface area contributed by atoms with Crippen molar-refractivity contribution in [2.24, 2.45) is 11.7 Å². The number of hydrogen-bond acceptors (Lipinski definition) is 3. The summed E-state index contributed by atoms with van der Waals surface area (Å²) < 4.78 is 0. The summed E-state index contributed by atoms with van der Waals surface area (Å²) in [6, 6.07) is -0.290. The lowest BCUT2D eigenvalue weighted by molar-refractivity contribution is -0.138. The predicted molar refractivity (Wildman–Crippen MR) is 55.2 cm³/mol. The number of nitrogens with zero attached hydrogens (tertiary/aromatic N) is 1. The van der Waals surface area contributed by atoms with Crippen molar-refractivity contribution < 1.29 is 14.7 Å². The van der Waals surface area contributed by atoms with Gasteiger partial charge in [-0.05, 0) is 32.2 Å². The highest BCUT2D eigenvalue weighted by molar-refractivity contribution is 5.79. The van der Waals surface area contributed by atoms with E-state index < -0.39 is 5.97 Å². The molecule has 15 heavy (non-hydrogen) atoms. The van der Waals surface area contributed by atoms with E-state index in [1.807, 2.05) is 4.90 Å². The van der Waals surface area contributed by atoms with Crippen LogP contribution in [-0.2, 0) is 9.59 Å². The molecule has 1 amide bonds. The van der Waals surface area contributed by atoms with Gasteiger partial charge in [0.2, 0.25) is 5.91 Å². The van der Waals surface area contributed by atoms with E-state index in [0.717, 1.165) is 19.4 Å². The maximum Gasteiger partial charge on any atom is 0.303 e. The third kappa shape index (κ3) is 3.51. The second-order valence-corrected chi connectivity index (χ2v) is 4.18. The topological polar surface area (TPSA) is 83.6 Å². The highest BCUT2D eigenvalue weighted by atomic mass is 16.4. The molecule has 0 aromatic carbocycles. The maximum absolute atomic E-state index is 11.0. The minimum Gasteiger partial charge on any atom is -0.481 e. The smallest absolute Gasteiger partial charge is 0.303 e. The first-order chi connectivity index (χ1) is 7.00. The monoisotopic (exact) mass is 214 g/mol. The Morgan fingerprint density at radius 2 is 2.27 bits per heavy atom. The molecule has 86 valence electrons. The van der Waals surface area contributed by atoms with Gasteiger partial charge in [0.25, 0.3) is 0 Å². The fourth-order valence-corrected chi connectivity index (χ4v) is 2.04. The zero-order chi connectivity index (χ0) is 11.4. The van der Waals surface area contributed by atoms with Gasteiger partial charge in [0, 0.05) is 13.0 Å². The summed E-state index contributed by atoms with van der Waals surface area (Å²) in [7, 11) is 0. The molecule has 0 aliphatic carbocycles. The van der Waals surface area contributed by atoms with E-state index in [0.29, 0.717) is 6.54 Å². The van der Waals surface area contributed by atoms with Crippen LogP contribution in [0.4, 0.5) is 0 Å². The number of aliphatic carboxylic acids is 1. The highest BCUT2D eigenvalue weighted by Crippen LogP contribution is 2.21. The van der Waals surface area contributed by atoms with Gasteiger partial charge in [0.05, 0.1) is 6.04 Å². The van der Waals surface area contributed by atoms with Gasteiger partial charge >= 0.3 is 5.97 Å². The van der Waals surface area contributed by atoms with Crippen LogP contribution < -0.4 is 5.73 Å². The summed E-state index contributed by atoms with van der Waals surface area (Å²) in [4.78, 5) is 23.5. The van der Waals surface area contributed by atoms with Crippen LogP contribution in [0.2, 0.25) is 0 Å². The van der Waals surface area contributed by atoms with Gasteiger partial charge < -0.3 is 10.8 Å². The average Bonchev–Trinajstić information content (AvgIpc) is 2.16. The summed E-state index contributed by atoms with van der Waals surface area (Å²) in [6.07, 6.45) is 2.05. The van der Waals surface area contributed by atoms with E-state index in [1.165, 1.54) is 0 Å². The van der Waals surface area contributed by atoms with Gasteiger partial charge in [0.15, 0.2) is 0 Å². The second-order valence-electron chi connectivity index (χ2n) is 4.18. The number of hydrogen-bond donors (Lipinski definition) is 2. The molecule has 1 rings (SSSR count). The van der Waals surface area contributed by atoms with Crippen molar-refractivity contribution in [1.82, 2.24) is 4.90 Å². The van der Waals surface area contributed by atoms with E-state index in [4.69, 9.17) is 10.8 Å². The van der Waals surface area contributed by atoms with E-state index in [1.54, 1.807) is 6.92 Å². The van der Waals surface area contributed by atoms with Gasteiger partial charge in [-0.1, -0.05) is 0 Å². The Bertz CT molecular complexity index is 255. The minimum absolute atomic E-state index is 0.151. The van der Waals surface area contributed by atoms with Crippen LogP contribution in [0.1, 0.15) is 26.2 Å². The molecule has 2 unspecified atom stereocenters. The summed E-state index contributed by atoms with van der Waals surface area (Å²) in [5.41, 5.74) is 5.22. The number of amides is 1. The van der Waals surface area contributed by atoms with E-state index in [9.17, 15) is 9.59 Å². The summed E-state index contributed by atoms with van der Waals surface area (Å²) in [6.45, 7) is 3.27. The van der Waals surface area contributed by atoms with Crippen LogP contribution in [0.25, 0.3) is 0 Å². The molecule has 5 nitrogen and oxygen atoms in total. The maximum atomic E-state index is 11.0. The molecule has 0 aromatic rings. The lowest BCUT2D eigenvalue weighted by atomic mass is 9.94. The summed E-state index contributed by atoms with van der Waals surface area (Å²) in [5, 5.41) is 8.69. The molecule has 1 saturated heterocycles. The van der Waals surface area contributed by atoms with Crippen LogP contribution >= 0.6 is 0 Å². The fraction of sp³-hybridized carbons (Fsp3) is 0.800. The molecule has 0 aromatic heterocycles. The lowest BCUT2D eigenvalue weighted by Gasteiger charge is -2.34. The molecular weight excluding hydrogens is 196 g/mol. The van der Waals surface area contributed by atoms with E-state index in [2.05, 4.69) is 0 Å². The first-order valence-corrected chi connectivity index (χ1v) is 5.26. The molecule has 0 bridgehead atoms. The Morgan fingerprint density at radius 1 is 1.60 bits per heavy atom. The fourth-order valence-electron chi connectivity index (χ4n) is 2.04. The van der Waals surface area contributed by atoms with Crippen molar-refractivity contribution in [3.63, 3.8) is 0 Å². The van der Waals surface area contributed by atoms with Gasteiger partial charge in [-0.25, -0.2) is 0 Å². The number of carbonyl (C=O) groups excluding carboxylic acids is 1. The predicted octanol–water partition coefficient (Wildman–Crippen LogP) is 0.0469. The van der Waals surface area contributed by atoms with E-state index >= 15 is 0 Å². The zero-order valence-corrected chi connectivity index (χ0v) is 8.98. The van der Waals surface area contributed by atoms with Gasteiger partial charge in [-0.2, -0.15) is 0 Å². The first kappa shape index (κ1) is 12.0. The Kier molecular flexibility index (Phi) is 4.08. The number of primary amides is 1. The molecule has 0 spiro atoms. The summed E-state index contributed by atoms with van der Waals surface area (Å²) >= 11 is 0. The number of piperidine rings is 1. The SMILES string of the molecule is CC(C(N)=O)N1CCCC(CC(=O)O)C1. The first-order valence-electron chi connectivity index (χ1n) is 5.26. The van der Waals surface area contributed by atoms with Gasteiger partial charge in [-0.3, -0.25) is 14.5 Å². The molecule has 3 N–H and O–H groups in total. The quantitative estimate of drug-likeness (QED) is 0.692. The summed E-state index contributed by atoms with van der Waals surface area (Å²) in [5.74, 6) is -0.961. The molecular formula is C10H18N2O3. The van der Waals surface area contributed by atoms with Crippen LogP contribution in [0, 0.1) is 5.92 Å². The largest absolute Gasteiger partial charge is 0.481 e. The van der Waals surface area contributed by atoms with Crippen LogP contribution in [0.3, 0.4) is 0 Å². The number of carbonyl (C=O) groups is 2. The van der Waals surface area contributed by atoms with Gasteiger partial charge in [-0.15, -0.1) is 0 Å². The Hall–Kier alpha value is -1.10. The van der Waals surface area contributed by atoms with Gasteiger partial charge in [0.1, 0.15) is 0 Å². The zero-order valence-electron chi connectivity index (χ0n) is 8.98. The van der Waals surface area contributed by atoms with Crippen LogP contribution in [0.15, 0.2) is 0 Å². The standard InChI is InChI=1S/C10H18N2O3/c1-7(10(11)15)12-4-2-3-8(6-12)5-9(13)14/h7-8H,2-6H2,1H3,(H2,11,15)(H,13,14). The number of carboxylic acids is 1. The second kappa shape index (κ2) is 5.11. The van der Waals surface area contributed by atoms with Crippen LogP contribution in [0.5, 0.6) is 0 Å². The number of likely N-dealkylation sites (tertiary alicyclic amines) is 1. The van der Waals surface area contributed by atoms with Crippen molar-refractivity contribution >= 4 is 11.9 Å². The van der Waals surface area contributed by atoms with Crippen molar-refractivity contribution in [3.05, 3.63) is 0 Å². The van der Waals surface area contributed by atoms with Crippen molar-refractivity contribution in [2.45, 2.75) is 32.2 Å². The molecule has 1 aliphatic heterocycles.